The van der Waals surface area contributed by atoms with Crippen LogP contribution in [0.15, 0.2) is 54.6 Å². The quantitative estimate of drug-likeness (QED) is 0.133. The molecule has 5 N–H and O–H groups in total. The van der Waals surface area contributed by atoms with Crippen molar-refractivity contribution in [3.05, 3.63) is 93.0 Å². The summed E-state index contributed by atoms with van der Waals surface area (Å²) in [6.45, 7) is 1.69. The van der Waals surface area contributed by atoms with Gasteiger partial charge in [0.25, 0.3) is 11.8 Å². The molecule has 262 valence electrons. The monoisotopic (exact) mass is 724 g/mol. The number of aryl methyl sites for hydroxylation is 1. The molecule has 50 heavy (non-hydrogen) atoms. The Hall–Kier alpha value is -4.53. The first-order valence-electron chi connectivity index (χ1n) is 16.0. The number of nitrogens with zero attached hydrogens (tertiary/aromatic N) is 3. The van der Waals surface area contributed by atoms with Gasteiger partial charge in [0.1, 0.15) is 11.6 Å². The lowest BCUT2D eigenvalue weighted by Crippen LogP contribution is -2.31. The number of hydrogen-bond acceptors (Lipinski definition) is 8. The van der Waals surface area contributed by atoms with Gasteiger partial charge in [-0.3, -0.25) is 29.3 Å². The fraction of sp³-hybridized carbons (Fsp3) is 0.314. The Balaban J connectivity index is 1.19. The molecule has 2 aliphatic heterocycles. The third-order valence-corrected chi connectivity index (χ3v) is 9.63. The zero-order valence-electron chi connectivity index (χ0n) is 27.0. The van der Waals surface area contributed by atoms with Gasteiger partial charge in [0, 0.05) is 54.5 Å². The lowest BCUT2D eigenvalue weighted by Gasteiger charge is -2.23. The standard InChI is InChI=1S/C35H35Cl2FN6O6/c1-50-30-14-19(13-24(38)23(30)18-43-12-10-20(45)17-43)34(48)40-26-7-2-5-21(32(26)36)22-6-3-8-27(33(22)37)41-35(49)28-15-29-25(39-16-31(46)47)9-4-11-44(29)42-28/h2-3,5-8,13-15,20,25,39,45H,4,9-12,16-18H2,1H3,(H,40,48)(H,41,49)(H,46,47)/t20-,25?/m1/s1. The molecule has 1 saturated heterocycles. The van der Waals surface area contributed by atoms with Crippen molar-refractivity contribution in [1.29, 1.82) is 0 Å². The highest BCUT2D eigenvalue weighted by Crippen LogP contribution is 2.40. The maximum absolute atomic E-state index is 15.3. The number of aliphatic hydroxyl groups is 1. The summed E-state index contributed by atoms with van der Waals surface area (Å²) in [6.07, 6.45) is 1.66. The smallest absolute Gasteiger partial charge is 0.317 e. The van der Waals surface area contributed by atoms with Crippen LogP contribution in [-0.4, -0.2) is 75.5 Å². The third-order valence-electron chi connectivity index (χ3n) is 8.81. The van der Waals surface area contributed by atoms with Gasteiger partial charge in [-0.2, -0.15) is 5.10 Å². The van der Waals surface area contributed by atoms with Gasteiger partial charge in [-0.15, -0.1) is 0 Å². The summed E-state index contributed by atoms with van der Waals surface area (Å²) in [5.41, 5.74) is 2.72. The highest BCUT2D eigenvalue weighted by molar-refractivity contribution is 6.40. The molecule has 4 aromatic rings. The summed E-state index contributed by atoms with van der Waals surface area (Å²) in [7, 11) is 1.40. The number of ether oxygens (including phenoxy) is 1. The second-order valence-corrected chi connectivity index (χ2v) is 13.0. The van der Waals surface area contributed by atoms with Crippen LogP contribution in [0.25, 0.3) is 11.1 Å². The van der Waals surface area contributed by atoms with Gasteiger partial charge in [0.15, 0.2) is 5.69 Å². The summed E-state index contributed by atoms with van der Waals surface area (Å²) >= 11 is 13.6. The molecule has 2 amide bonds. The van der Waals surface area contributed by atoms with Crippen molar-refractivity contribution >= 4 is 52.4 Å². The lowest BCUT2D eigenvalue weighted by molar-refractivity contribution is -0.136. The SMILES string of the molecule is COc1cc(C(=O)Nc2cccc(-c3cccc(NC(=O)c4cc5n(n4)CCCC5NCC(=O)O)c3Cl)c2Cl)cc(F)c1CN1CC[C@@H](O)C1. The number of anilines is 2. The number of rotatable bonds is 11. The largest absolute Gasteiger partial charge is 0.496 e. The number of amides is 2. The van der Waals surface area contributed by atoms with E-state index >= 15 is 4.39 Å². The number of hydrogen-bond donors (Lipinski definition) is 5. The molecular formula is C35H35Cl2FN6O6. The average molecular weight is 726 g/mol. The molecule has 1 unspecified atom stereocenters. The first-order chi connectivity index (χ1) is 24.0. The summed E-state index contributed by atoms with van der Waals surface area (Å²) in [6, 6.07) is 14.0. The molecule has 0 aliphatic carbocycles. The Kier molecular flexibility index (Phi) is 10.7. The maximum Gasteiger partial charge on any atom is 0.317 e. The van der Waals surface area contributed by atoms with Crippen molar-refractivity contribution in [1.82, 2.24) is 20.0 Å². The first-order valence-corrected chi connectivity index (χ1v) is 16.8. The van der Waals surface area contributed by atoms with E-state index < -0.39 is 29.7 Å². The van der Waals surface area contributed by atoms with Crippen molar-refractivity contribution in [2.45, 2.75) is 44.5 Å². The second kappa shape index (κ2) is 15.2. The third kappa shape index (κ3) is 7.62. The number of fused-ring (bicyclic) bond motifs is 1. The number of nitrogens with one attached hydrogen (secondary N) is 3. The van der Waals surface area contributed by atoms with Crippen LogP contribution < -0.4 is 20.7 Å². The van der Waals surface area contributed by atoms with Gasteiger partial charge in [-0.05, 0) is 49.6 Å². The van der Waals surface area contributed by atoms with Gasteiger partial charge in [-0.25, -0.2) is 4.39 Å². The van der Waals surface area contributed by atoms with E-state index in [1.165, 1.54) is 13.2 Å². The minimum Gasteiger partial charge on any atom is -0.496 e. The van der Waals surface area contributed by atoms with Crippen molar-refractivity contribution in [2.24, 2.45) is 0 Å². The van der Waals surface area contributed by atoms with Crippen LogP contribution in [0.5, 0.6) is 5.75 Å². The van der Waals surface area contributed by atoms with E-state index in [1.54, 1.807) is 47.1 Å². The highest BCUT2D eigenvalue weighted by Gasteiger charge is 2.27. The van der Waals surface area contributed by atoms with Crippen LogP contribution in [0.3, 0.4) is 0 Å². The molecule has 0 radical (unpaired) electrons. The van der Waals surface area contributed by atoms with E-state index in [9.17, 15) is 19.5 Å². The van der Waals surface area contributed by atoms with Crippen molar-refractivity contribution in [3.63, 3.8) is 0 Å². The number of β-amino-alcohol motifs (C(OH)–C–C–N with tert-alkyl or cyclic N) is 1. The molecule has 3 aromatic carbocycles. The predicted molar refractivity (Wildman–Crippen MR) is 186 cm³/mol. The normalized spacial score (nSPS) is 17.3. The van der Waals surface area contributed by atoms with Gasteiger partial charge < -0.3 is 25.6 Å². The molecule has 0 bridgehead atoms. The number of benzene rings is 3. The van der Waals surface area contributed by atoms with E-state index in [0.717, 1.165) is 24.6 Å². The van der Waals surface area contributed by atoms with E-state index in [-0.39, 0.29) is 51.9 Å². The van der Waals surface area contributed by atoms with Gasteiger partial charge >= 0.3 is 5.97 Å². The number of aromatic nitrogens is 2. The molecule has 1 fully saturated rings. The van der Waals surface area contributed by atoms with Gasteiger partial charge in [0.2, 0.25) is 0 Å². The Morgan fingerprint density at radius 1 is 0.980 bits per heavy atom. The topological polar surface area (TPSA) is 158 Å². The molecule has 15 heteroatoms. The van der Waals surface area contributed by atoms with Crippen LogP contribution in [0.2, 0.25) is 10.0 Å². The maximum atomic E-state index is 15.3. The van der Waals surface area contributed by atoms with Crippen LogP contribution in [0, 0.1) is 5.82 Å². The first kappa shape index (κ1) is 35.3. The molecular weight excluding hydrogens is 690 g/mol. The molecule has 0 spiro atoms. The van der Waals surface area contributed by atoms with Crippen LogP contribution in [0.1, 0.15) is 57.4 Å². The Labute approximate surface area is 297 Å². The van der Waals surface area contributed by atoms with Gasteiger partial charge in [0.05, 0.1) is 46.9 Å². The minimum atomic E-state index is -0.973. The summed E-state index contributed by atoms with van der Waals surface area (Å²) in [5, 5.41) is 32.2. The summed E-state index contributed by atoms with van der Waals surface area (Å²) in [5.74, 6) is -2.47. The number of halogens is 3. The molecule has 2 atom stereocenters. The van der Waals surface area contributed by atoms with Crippen LogP contribution in [0.4, 0.5) is 15.8 Å². The fourth-order valence-electron chi connectivity index (χ4n) is 6.32. The molecule has 6 rings (SSSR count). The molecule has 2 aliphatic rings. The number of carboxylic acid groups (broad SMARTS) is 1. The number of aliphatic hydroxyl groups excluding tert-OH is 1. The zero-order chi connectivity index (χ0) is 35.5. The average Bonchev–Trinajstić information content (AvgIpc) is 3.73. The van der Waals surface area contributed by atoms with Crippen LogP contribution in [-0.2, 0) is 17.9 Å². The fourth-order valence-corrected chi connectivity index (χ4v) is 6.87. The molecule has 12 nitrogen and oxygen atoms in total. The lowest BCUT2D eigenvalue weighted by atomic mass is 10.0. The molecule has 0 saturated carbocycles. The van der Waals surface area contributed by atoms with Crippen molar-refractivity contribution < 1.29 is 33.7 Å². The molecule has 3 heterocycles. The van der Waals surface area contributed by atoms with Crippen molar-refractivity contribution in [2.75, 3.05) is 37.4 Å². The van der Waals surface area contributed by atoms with E-state index in [4.69, 9.17) is 33.0 Å². The van der Waals surface area contributed by atoms with E-state index in [0.29, 0.717) is 48.4 Å². The number of likely N-dealkylation sites (tertiary alicyclic amines) is 1. The zero-order valence-corrected chi connectivity index (χ0v) is 28.5. The van der Waals surface area contributed by atoms with E-state index in [1.807, 2.05) is 4.90 Å². The Morgan fingerprint density at radius 2 is 1.66 bits per heavy atom. The number of carbonyl (C=O) groups excluding carboxylic acids is 2. The summed E-state index contributed by atoms with van der Waals surface area (Å²) in [4.78, 5) is 39.6. The number of carbonyl (C=O) groups is 3. The number of carboxylic acids is 1. The Bertz CT molecular complexity index is 1950. The van der Waals surface area contributed by atoms with Crippen LogP contribution >= 0.6 is 23.2 Å². The second-order valence-electron chi connectivity index (χ2n) is 12.2. The van der Waals surface area contributed by atoms with Crippen molar-refractivity contribution in [3.8, 4) is 16.9 Å². The summed E-state index contributed by atoms with van der Waals surface area (Å²) < 4.78 is 22.4. The highest BCUT2D eigenvalue weighted by atomic mass is 35.5. The number of aliphatic carboxylic acids is 1. The number of methoxy groups -OCH3 is 1. The Morgan fingerprint density at radius 3 is 2.28 bits per heavy atom. The minimum absolute atomic E-state index is 0.0266. The predicted octanol–water partition coefficient (Wildman–Crippen LogP) is 5.58. The molecule has 1 aromatic heterocycles. The van der Waals surface area contributed by atoms with E-state index in [2.05, 4.69) is 21.0 Å². The van der Waals surface area contributed by atoms with Gasteiger partial charge in [-0.1, -0.05) is 47.5 Å².